The number of likely N-dealkylation sites (N-methyl/N-ethyl adjacent to an activating group) is 1. The van der Waals surface area contributed by atoms with Gasteiger partial charge in [-0.2, -0.15) is 0 Å². The Kier molecular flexibility index (Phi) is 4.49. The SMILES string of the molecule is CN(C(=O)Cn1cnc2c(oc3ccccc32)c1=O)C1CCCCCC1. The van der Waals surface area contributed by atoms with Crippen LogP contribution < -0.4 is 5.56 Å². The predicted octanol–water partition coefficient (Wildman–Crippen LogP) is 3.32. The summed E-state index contributed by atoms with van der Waals surface area (Å²) in [5.41, 5.74) is 1.07. The van der Waals surface area contributed by atoms with Crippen LogP contribution >= 0.6 is 0 Å². The molecule has 2 heterocycles. The quantitative estimate of drug-likeness (QED) is 0.677. The smallest absolute Gasteiger partial charge is 0.297 e. The van der Waals surface area contributed by atoms with Crippen LogP contribution in [0.15, 0.2) is 39.8 Å². The molecule has 26 heavy (non-hydrogen) atoms. The molecule has 0 N–H and O–H groups in total. The highest BCUT2D eigenvalue weighted by Gasteiger charge is 2.22. The number of furan rings is 1. The van der Waals surface area contributed by atoms with Gasteiger partial charge < -0.3 is 9.32 Å². The van der Waals surface area contributed by atoms with E-state index in [1.807, 2.05) is 31.3 Å². The minimum Gasteiger partial charge on any atom is -0.448 e. The number of carbonyl (C=O) groups is 1. The van der Waals surface area contributed by atoms with Gasteiger partial charge in [-0.25, -0.2) is 4.98 Å². The second-order valence-electron chi connectivity index (χ2n) is 7.10. The molecule has 0 spiro atoms. The fourth-order valence-corrected chi connectivity index (χ4v) is 3.83. The average molecular weight is 353 g/mol. The van der Waals surface area contributed by atoms with Gasteiger partial charge in [0.2, 0.25) is 11.5 Å². The monoisotopic (exact) mass is 353 g/mol. The van der Waals surface area contributed by atoms with E-state index in [4.69, 9.17) is 4.42 Å². The van der Waals surface area contributed by atoms with Crippen LogP contribution in [0.4, 0.5) is 0 Å². The molecular formula is C20H23N3O3. The van der Waals surface area contributed by atoms with Gasteiger partial charge >= 0.3 is 0 Å². The summed E-state index contributed by atoms with van der Waals surface area (Å²) < 4.78 is 7.03. The van der Waals surface area contributed by atoms with Gasteiger partial charge in [-0.1, -0.05) is 37.8 Å². The number of hydrogen-bond donors (Lipinski definition) is 0. The third-order valence-electron chi connectivity index (χ3n) is 5.42. The molecule has 0 bridgehead atoms. The highest BCUT2D eigenvalue weighted by molar-refractivity contribution is 6.01. The Balaban J connectivity index is 1.60. The molecule has 0 saturated heterocycles. The van der Waals surface area contributed by atoms with E-state index in [0.29, 0.717) is 11.1 Å². The first-order valence-corrected chi connectivity index (χ1v) is 9.27. The Bertz CT molecular complexity index is 996. The molecule has 0 aliphatic heterocycles. The number of nitrogens with zero attached hydrogens (tertiary/aromatic N) is 3. The molecule has 6 heteroatoms. The lowest BCUT2D eigenvalue weighted by Crippen LogP contribution is -2.40. The van der Waals surface area contributed by atoms with Crippen LogP contribution in [0.3, 0.4) is 0 Å². The maximum atomic E-state index is 12.7. The van der Waals surface area contributed by atoms with E-state index in [1.165, 1.54) is 23.7 Å². The van der Waals surface area contributed by atoms with Gasteiger partial charge in [0.05, 0.1) is 6.33 Å². The van der Waals surface area contributed by atoms with Gasteiger partial charge in [0.15, 0.2) is 0 Å². The first-order valence-electron chi connectivity index (χ1n) is 9.27. The van der Waals surface area contributed by atoms with Crippen molar-refractivity contribution >= 4 is 28.0 Å². The molecule has 1 amide bonds. The third-order valence-corrected chi connectivity index (χ3v) is 5.42. The second-order valence-corrected chi connectivity index (χ2v) is 7.10. The molecule has 1 aliphatic rings. The molecule has 0 unspecified atom stereocenters. The Morgan fingerprint density at radius 1 is 1.23 bits per heavy atom. The number of benzene rings is 1. The summed E-state index contributed by atoms with van der Waals surface area (Å²) in [6, 6.07) is 7.70. The highest BCUT2D eigenvalue weighted by atomic mass is 16.3. The minimum absolute atomic E-state index is 0.00812. The molecule has 0 radical (unpaired) electrons. The van der Waals surface area contributed by atoms with Crippen LogP contribution in [0.25, 0.3) is 22.1 Å². The number of fused-ring (bicyclic) bond motifs is 3. The molecule has 0 atom stereocenters. The molecular weight excluding hydrogens is 330 g/mol. The van der Waals surface area contributed by atoms with Crippen molar-refractivity contribution in [1.82, 2.24) is 14.5 Å². The molecule has 1 saturated carbocycles. The molecule has 4 rings (SSSR count). The fourth-order valence-electron chi connectivity index (χ4n) is 3.83. The number of hydrogen-bond acceptors (Lipinski definition) is 4. The number of amides is 1. The largest absolute Gasteiger partial charge is 0.448 e. The maximum absolute atomic E-state index is 12.7. The van der Waals surface area contributed by atoms with Crippen LogP contribution in [0.1, 0.15) is 38.5 Å². The van der Waals surface area contributed by atoms with Crippen LogP contribution in [0.2, 0.25) is 0 Å². The summed E-state index contributed by atoms with van der Waals surface area (Å²) in [6.45, 7) is -0.00812. The maximum Gasteiger partial charge on any atom is 0.297 e. The zero-order valence-corrected chi connectivity index (χ0v) is 15.0. The van der Waals surface area contributed by atoms with Crippen LogP contribution in [0, 0.1) is 0 Å². The predicted molar refractivity (Wildman–Crippen MR) is 100 cm³/mol. The molecule has 1 fully saturated rings. The van der Waals surface area contributed by atoms with Crippen molar-refractivity contribution in [2.45, 2.75) is 51.1 Å². The lowest BCUT2D eigenvalue weighted by molar-refractivity contribution is -0.132. The zero-order valence-electron chi connectivity index (χ0n) is 15.0. The van der Waals surface area contributed by atoms with E-state index in [2.05, 4.69) is 4.98 Å². The Hall–Kier alpha value is -2.63. The Morgan fingerprint density at radius 2 is 1.96 bits per heavy atom. The van der Waals surface area contributed by atoms with E-state index in [9.17, 15) is 9.59 Å². The van der Waals surface area contributed by atoms with E-state index in [-0.39, 0.29) is 29.6 Å². The van der Waals surface area contributed by atoms with E-state index >= 15 is 0 Å². The van der Waals surface area contributed by atoms with Gasteiger partial charge in [0, 0.05) is 18.5 Å². The van der Waals surface area contributed by atoms with Gasteiger partial charge in [0.1, 0.15) is 17.6 Å². The first-order chi connectivity index (χ1) is 12.6. The van der Waals surface area contributed by atoms with Crippen molar-refractivity contribution in [2.75, 3.05) is 7.05 Å². The van der Waals surface area contributed by atoms with Gasteiger partial charge in [-0.15, -0.1) is 0 Å². The minimum atomic E-state index is -0.311. The third kappa shape index (κ3) is 3.00. The highest BCUT2D eigenvalue weighted by Crippen LogP contribution is 2.24. The normalized spacial score (nSPS) is 16.0. The summed E-state index contributed by atoms with van der Waals surface area (Å²) >= 11 is 0. The summed E-state index contributed by atoms with van der Waals surface area (Å²) in [5.74, 6) is -0.0590. The van der Waals surface area contributed by atoms with Crippen molar-refractivity contribution in [1.29, 1.82) is 0 Å². The first kappa shape index (κ1) is 16.8. The molecule has 1 aromatic carbocycles. The van der Waals surface area contributed by atoms with Crippen LogP contribution in [0.5, 0.6) is 0 Å². The standard InChI is InChI=1S/C20H23N3O3/c1-22(14-8-4-2-3-5-9-14)17(24)12-23-13-21-18-15-10-6-7-11-16(15)26-19(18)20(23)25/h6-7,10-11,13-14H,2-5,8-9,12H2,1H3. The molecule has 3 aromatic rings. The van der Waals surface area contributed by atoms with Crippen LogP contribution in [-0.2, 0) is 11.3 Å². The second kappa shape index (κ2) is 6.94. The van der Waals surface area contributed by atoms with Crippen molar-refractivity contribution in [3.05, 3.63) is 40.9 Å². The van der Waals surface area contributed by atoms with E-state index in [1.54, 1.807) is 4.90 Å². The molecule has 1 aliphatic carbocycles. The summed E-state index contributed by atoms with van der Waals surface area (Å²) in [7, 11) is 1.84. The average Bonchev–Trinajstić information content (AvgIpc) is 2.83. The van der Waals surface area contributed by atoms with Crippen molar-refractivity contribution in [3.8, 4) is 0 Å². The van der Waals surface area contributed by atoms with Gasteiger partial charge in [0.25, 0.3) is 5.56 Å². The van der Waals surface area contributed by atoms with Gasteiger partial charge in [-0.3, -0.25) is 14.2 Å². The summed E-state index contributed by atoms with van der Waals surface area (Å²) in [5, 5.41) is 0.814. The number of carbonyl (C=O) groups excluding carboxylic acids is 1. The van der Waals surface area contributed by atoms with E-state index in [0.717, 1.165) is 31.1 Å². The number of aromatic nitrogens is 2. The van der Waals surface area contributed by atoms with Crippen molar-refractivity contribution in [2.24, 2.45) is 0 Å². The lowest BCUT2D eigenvalue weighted by Gasteiger charge is -2.27. The topological polar surface area (TPSA) is 68.3 Å². The molecule has 6 nitrogen and oxygen atoms in total. The summed E-state index contributed by atoms with van der Waals surface area (Å²) in [6.07, 6.45) is 8.33. The number of para-hydroxylation sites is 1. The fraction of sp³-hybridized carbons (Fsp3) is 0.450. The Morgan fingerprint density at radius 3 is 2.73 bits per heavy atom. The zero-order chi connectivity index (χ0) is 18.1. The van der Waals surface area contributed by atoms with E-state index < -0.39 is 0 Å². The number of rotatable bonds is 3. The van der Waals surface area contributed by atoms with Crippen molar-refractivity contribution < 1.29 is 9.21 Å². The summed E-state index contributed by atoms with van der Waals surface area (Å²) in [4.78, 5) is 31.6. The van der Waals surface area contributed by atoms with Crippen LogP contribution in [-0.4, -0.2) is 33.4 Å². The molecule has 2 aromatic heterocycles. The lowest BCUT2D eigenvalue weighted by atomic mass is 10.1. The molecule has 136 valence electrons. The van der Waals surface area contributed by atoms with Crippen molar-refractivity contribution in [3.63, 3.8) is 0 Å². The Labute approximate surface area is 151 Å². The van der Waals surface area contributed by atoms with Gasteiger partial charge in [-0.05, 0) is 25.0 Å².